The third-order valence-electron chi connectivity index (χ3n) is 2.47. The zero-order chi connectivity index (χ0) is 14.5. The van der Waals surface area contributed by atoms with Gasteiger partial charge < -0.3 is 14.4 Å². The van der Waals surface area contributed by atoms with Crippen molar-refractivity contribution in [3.63, 3.8) is 0 Å². The second kappa shape index (κ2) is 6.61. The first-order valence-electron chi connectivity index (χ1n) is 5.52. The predicted molar refractivity (Wildman–Crippen MR) is 70.0 cm³/mol. The number of carbonyl (C=O) groups excluding carboxylic acids is 2. The molecule has 0 unspecified atom stereocenters. The number of Topliss-reactive ketones (excluding diaryl/α,β-unsaturated/α-hetero) is 1. The van der Waals surface area contributed by atoms with Gasteiger partial charge in [-0.15, -0.1) is 0 Å². The fourth-order valence-corrected chi connectivity index (χ4v) is 2.87. The van der Waals surface area contributed by atoms with Gasteiger partial charge in [-0.2, -0.15) is 0 Å². The Bertz CT molecular complexity index is 494. The van der Waals surface area contributed by atoms with E-state index in [-0.39, 0.29) is 0 Å². The molecular formula is C12H16NO5P. The number of benzene rings is 1. The maximum Gasteiger partial charge on any atom is 0.360 e. The van der Waals surface area contributed by atoms with Crippen LogP contribution in [0.25, 0.3) is 0 Å². The Labute approximate surface area is 111 Å². The summed E-state index contributed by atoms with van der Waals surface area (Å²) in [6.07, 6.45) is 0. The molecule has 0 aliphatic carbocycles. The Morgan fingerprint density at radius 1 is 1.16 bits per heavy atom. The summed E-state index contributed by atoms with van der Waals surface area (Å²) in [5.74, 6) is -2.38. The smallest absolute Gasteiger partial charge is 0.336 e. The molecule has 0 aliphatic heterocycles. The SMILES string of the molecule is COP(=O)(OC)[C@H](NC(C)=O)C(=O)c1ccccc1. The molecule has 6 nitrogen and oxygen atoms in total. The van der Waals surface area contributed by atoms with Crippen LogP contribution in [0.3, 0.4) is 0 Å². The molecule has 1 aromatic rings. The van der Waals surface area contributed by atoms with Gasteiger partial charge in [0.15, 0.2) is 11.6 Å². The van der Waals surface area contributed by atoms with E-state index in [1.165, 1.54) is 6.92 Å². The van der Waals surface area contributed by atoms with Crippen molar-refractivity contribution in [2.75, 3.05) is 14.2 Å². The lowest BCUT2D eigenvalue weighted by atomic mass is 10.1. The van der Waals surface area contributed by atoms with Crippen molar-refractivity contribution >= 4 is 19.3 Å². The van der Waals surface area contributed by atoms with Crippen LogP contribution < -0.4 is 5.32 Å². The molecule has 1 N–H and O–H groups in total. The van der Waals surface area contributed by atoms with E-state index >= 15 is 0 Å². The monoisotopic (exact) mass is 285 g/mol. The summed E-state index contributed by atoms with van der Waals surface area (Å²) in [5.41, 5.74) is 0.315. The minimum Gasteiger partial charge on any atom is -0.336 e. The van der Waals surface area contributed by atoms with Gasteiger partial charge in [0, 0.05) is 26.7 Å². The summed E-state index contributed by atoms with van der Waals surface area (Å²) < 4.78 is 21.9. The Balaban J connectivity index is 3.14. The Morgan fingerprint density at radius 3 is 2.11 bits per heavy atom. The van der Waals surface area contributed by atoms with Crippen molar-refractivity contribution in [1.29, 1.82) is 0 Å². The molecule has 104 valence electrons. The van der Waals surface area contributed by atoms with Crippen LogP contribution in [0.2, 0.25) is 0 Å². The highest BCUT2D eigenvalue weighted by molar-refractivity contribution is 7.55. The molecule has 1 rings (SSSR count). The van der Waals surface area contributed by atoms with Crippen LogP contribution in [0.4, 0.5) is 0 Å². The molecule has 0 saturated heterocycles. The van der Waals surface area contributed by atoms with Gasteiger partial charge in [0.05, 0.1) is 0 Å². The first kappa shape index (κ1) is 15.6. The molecule has 1 amide bonds. The number of rotatable bonds is 6. The minimum absolute atomic E-state index is 0.315. The Kier molecular flexibility index (Phi) is 5.42. The zero-order valence-electron chi connectivity index (χ0n) is 11.0. The minimum atomic E-state index is -3.75. The second-order valence-corrected chi connectivity index (χ2v) is 6.06. The lowest BCUT2D eigenvalue weighted by Gasteiger charge is -2.23. The summed E-state index contributed by atoms with van der Waals surface area (Å²) >= 11 is 0. The number of amides is 1. The largest absolute Gasteiger partial charge is 0.360 e. The van der Waals surface area contributed by atoms with Crippen LogP contribution >= 0.6 is 7.60 Å². The van der Waals surface area contributed by atoms with E-state index in [1.807, 2.05) is 0 Å². The Morgan fingerprint density at radius 2 is 1.68 bits per heavy atom. The van der Waals surface area contributed by atoms with Crippen LogP contribution in [0, 0.1) is 0 Å². The molecule has 0 aliphatic rings. The lowest BCUT2D eigenvalue weighted by Crippen LogP contribution is -2.40. The summed E-state index contributed by atoms with van der Waals surface area (Å²) in [4.78, 5) is 23.5. The van der Waals surface area contributed by atoms with Crippen LogP contribution in [-0.2, 0) is 18.4 Å². The molecule has 7 heteroatoms. The highest BCUT2D eigenvalue weighted by Gasteiger charge is 2.40. The average Bonchev–Trinajstić information content (AvgIpc) is 2.44. The Hall–Kier alpha value is -1.49. The highest BCUT2D eigenvalue weighted by atomic mass is 31.2. The molecule has 0 aromatic heterocycles. The first-order valence-corrected chi connectivity index (χ1v) is 7.13. The summed E-state index contributed by atoms with van der Waals surface area (Å²) in [6.45, 7) is 1.22. The van der Waals surface area contributed by atoms with Gasteiger partial charge in [0.2, 0.25) is 5.91 Å². The third kappa shape index (κ3) is 3.73. The van der Waals surface area contributed by atoms with E-state index in [9.17, 15) is 14.2 Å². The van der Waals surface area contributed by atoms with Crippen molar-refractivity contribution in [3.8, 4) is 0 Å². The maximum atomic E-state index is 12.3. The van der Waals surface area contributed by atoms with Crippen molar-refractivity contribution in [3.05, 3.63) is 35.9 Å². The van der Waals surface area contributed by atoms with Gasteiger partial charge in [-0.25, -0.2) is 0 Å². The van der Waals surface area contributed by atoms with E-state index in [1.54, 1.807) is 30.3 Å². The van der Waals surface area contributed by atoms with E-state index in [0.29, 0.717) is 5.56 Å². The molecule has 0 radical (unpaired) electrons. The maximum absolute atomic E-state index is 12.3. The number of nitrogens with one attached hydrogen (secondary N) is 1. The van der Waals surface area contributed by atoms with Gasteiger partial charge in [-0.05, 0) is 0 Å². The van der Waals surface area contributed by atoms with E-state index < -0.39 is 25.1 Å². The van der Waals surface area contributed by atoms with Crippen LogP contribution in [0.1, 0.15) is 17.3 Å². The summed E-state index contributed by atoms with van der Waals surface area (Å²) in [5, 5.41) is 2.32. The van der Waals surface area contributed by atoms with Gasteiger partial charge in [-0.3, -0.25) is 14.2 Å². The zero-order valence-corrected chi connectivity index (χ0v) is 11.8. The average molecular weight is 285 g/mol. The lowest BCUT2D eigenvalue weighted by molar-refractivity contribution is -0.119. The van der Waals surface area contributed by atoms with Gasteiger partial charge in [-0.1, -0.05) is 30.3 Å². The number of ketones is 1. The van der Waals surface area contributed by atoms with E-state index in [4.69, 9.17) is 9.05 Å². The molecule has 19 heavy (non-hydrogen) atoms. The molecule has 0 heterocycles. The highest BCUT2D eigenvalue weighted by Crippen LogP contribution is 2.51. The molecule has 0 fully saturated rings. The molecule has 1 aromatic carbocycles. The molecule has 0 spiro atoms. The normalized spacial score (nSPS) is 12.8. The van der Waals surface area contributed by atoms with Crippen molar-refractivity contribution in [2.24, 2.45) is 0 Å². The summed E-state index contributed by atoms with van der Waals surface area (Å²) in [7, 11) is -1.42. The molecule has 1 atom stereocenters. The van der Waals surface area contributed by atoms with E-state index in [2.05, 4.69) is 5.32 Å². The fraction of sp³-hybridized carbons (Fsp3) is 0.333. The summed E-state index contributed by atoms with van der Waals surface area (Å²) in [6, 6.07) is 8.21. The molecular weight excluding hydrogens is 269 g/mol. The molecule has 0 bridgehead atoms. The van der Waals surface area contributed by atoms with Crippen LogP contribution in [0.5, 0.6) is 0 Å². The first-order chi connectivity index (χ1) is 8.94. The quantitative estimate of drug-likeness (QED) is 0.637. The second-order valence-electron chi connectivity index (χ2n) is 3.74. The van der Waals surface area contributed by atoms with Crippen molar-refractivity contribution in [1.82, 2.24) is 5.32 Å². The molecule has 0 saturated carbocycles. The van der Waals surface area contributed by atoms with E-state index in [0.717, 1.165) is 14.2 Å². The van der Waals surface area contributed by atoms with Crippen LogP contribution in [0.15, 0.2) is 30.3 Å². The number of hydrogen-bond acceptors (Lipinski definition) is 5. The predicted octanol–water partition coefficient (Wildman–Crippen LogP) is 1.82. The standard InChI is InChI=1S/C12H16NO5P/c1-9(14)13-12(19(16,17-2)18-3)11(15)10-7-5-4-6-8-10/h4-8,12H,1-3H3,(H,13,14)/t12-/m0/s1. The van der Waals surface area contributed by atoms with Gasteiger partial charge in [0.1, 0.15) is 0 Å². The third-order valence-corrected chi connectivity index (χ3v) is 4.49. The van der Waals surface area contributed by atoms with Crippen LogP contribution in [-0.4, -0.2) is 31.7 Å². The number of hydrogen-bond donors (Lipinski definition) is 1. The fourth-order valence-electron chi connectivity index (χ4n) is 1.53. The van der Waals surface area contributed by atoms with Gasteiger partial charge >= 0.3 is 7.60 Å². The topological polar surface area (TPSA) is 81.7 Å². The van der Waals surface area contributed by atoms with Crippen molar-refractivity contribution in [2.45, 2.75) is 12.7 Å². The van der Waals surface area contributed by atoms with Crippen molar-refractivity contribution < 1.29 is 23.2 Å². The number of carbonyl (C=O) groups is 2. The van der Waals surface area contributed by atoms with Gasteiger partial charge in [0.25, 0.3) is 0 Å².